The summed E-state index contributed by atoms with van der Waals surface area (Å²) in [6.45, 7) is 7.50. The Hall–Kier alpha value is -8.47. The normalized spacial score (nSPS) is 11.0. The van der Waals surface area contributed by atoms with Crippen LogP contribution in [0.5, 0.6) is 23.0 Å². The fraction of sp³-hybridized carbons (Fsp3) is 0.213. The fourth-order valence-corrected chi connectivity index (χ4v) is 10.4. The van der Waals surface area contributed by atoms with Crippen molar-refractivity contribution in [1.82, 2.24) is 9.97 Å². The summed E-state index contributed by atoms with van der Waals surface area (Å²) < 4.78 is 45.9. The number of rotatable bonds is 28. The Morgan fingerprint density at radius 1 is 0.568 bits per heavy atom. The molecule has 0 atom stereocenters. The first kappa shape index (κ1) is 58.7. The van der Waals surface area contributed by atoms with Crippen molar-refractivity contribution in [3.05, 3.63) is 181 Å². The molecule has 0 aliphatic heterocycles. The van der Waals surface area contributed by atoms with E-state index in [1.165, 1.54) is 22.7 Å². The third-order valence-electron chi connectivity index (χ3n) is 11.9. The number of aromatic nitrogens is 2. The number of esters is 3. The maximum Gasteiger partial charge on any atom is 0.513 e. The highest BCUT2D eigenvalue weighted by Crippen LogP contribution is 2.38. The van der Waals surface area contributed by atoms with E-state index >= 15 is 0 Å². The lowest BCUT2D eigenvalue weighted by Crippen LogP contribution is -2.13. The number of benzene rings is 6. The summed E-state index contributed by atoms with van der Waals surface area (Å²) in [6.07, 6.45) is 7.72. The second-order valence-corrected chi connectivity index (χ2v) is 20.4. The van der Waals surface area contributed by atoms with Gasteiger partial charge in [-0.1, -0.05) is 139 Å². The van der Waals surface area contributed by atoms with E-state index in [-0.39, 0.29) is 37.7 Å². The van der Waals surface area contributed by atoms with Gasteiger partial charge in [0.25, 0.3) is 0 Å². The molecule has 0 fully saturated rings. The van der Waals surface area contributed by atoms with Crippen molar-refractivity contribution < 1.29 is 61.9 Å². The van der Waals surface area contributed by atoms with E-state index in [0.717, 1.165) is 86.9 Å². The Balaban J connectivity index is 0.935. The molecule has 8 rings (SSSR count). The average molecular weight is 1240 g/mol. The number of hydrogen-bond acceptors (Lipinski definition) is 19. The Morgan fingerprint density at radius 3 is 1.68 bits per heavy atom. The Kier molecular flexibility index (Phi) is 21.9. The molecule has 0 saturated carbocycles. The molecule has 0 unspecified atom stereocenters. The number of carbonyl (C=O) groups excluding carboxylic acids is 5. The minimum Gasteiger partial charge on any atom is -0.488 e. The number of para-hydroxylation sites is 2. The molecule has 2 aromatic heterocycles. The quantitative estimate of drug-likeness (QED) is 0.00428. The number of thiazole rings is 2. The van der Waals surface area contributed by atoms with Crippen LogP contribution in [0.25, 0.3) is 31.6 Å². The molecular weight excluding hydrogens is 1190 g/mol. The second-order valence-electron chi connectivity index (χ2n) is 17.7. The third-order valence-corrected chi connectivity index (χ3v) is 14.7. The van der Waals surface area contributed by atoms with Gasteiger partial charge >= 0.3 is 30.2 Å². The highest BCUT2D eigenvalue weighted by atomic mass is 127. The number of halogens is 1. The molecule has 0 saturated heterocycles. The molecule has 0 bridgehead atoms. The minimum absolute atomic E-state index is 0.00840. The van der Waals surface area contributed by atoms with Gasteiger partial charge in [0.1, 0.15) is 29.6 Å². The predicted octanol–water partition coefficient (Wildman–Crippen LogP) is 14.7. The summed E-state index contributed by atoms with van der Waals surface area (Å²) in [5, 5.41) is 7.81. The number of anilines is 2. The SMILES string of the molecule is C=CC(=O)OCCCCCCCCOC(=O)Oc1ccc(-c2ccc(OC(=O)c3ccc(OCc4ccc(OC(=O)OCCCOC(=O)C=C)cc4)c(/C=N/N(c4nc5ccccc5s4)c4nc5ccccc5s4)c3)cc2CI)cc1. The van der Waals surface area contributed by atoms with E-state index in [9.17, 15) is 24.0 Å². The van der Waals surface area contributed by atoms with Crippen molar-refractivity contribution in [3.8, 4) is 34.1 Å². The van der Waals surface area contributed by atoms with Crippen LogP contribution in [-0.4, -0.2) is 72.8 Å². The number of carbonyl (C=O) groups is 5. The first-order valence-corrected chi connectivity index (χ1v) is 28.9. The summed E-state index contributed by atoms with van der Waals surface area (Å²) in [7, 11) is 0. The van der Waals surface area contributed by atoms with Gasteiger partial charge in [0, 0.05) is 28.6 Å². The van der Waals surface area contributed by atoms with Gasteiger partial charge in [-0.3, -0.25) is 0 Å². The Labute approximate surface area is 488 Å². The monoisotopic (exact) mass is 1240 g/mol. The van der Waals surface area contributed by atoms with Crippen molar-refractivity contribution in [2.24, 2.45) is 5.10 Å². The van der Waals surface area contributed by atoms with Crippen LogP contribution in [0.15, 0.2) is 164 Å². The molecule has 0 aliphatic rings. The van der Waals surface area contributed by atoms with Gasteiger partial charge in [-0.2, -0.15) is 10.1 Å². The Bertz CT molecular complexity index is 3370. The van der Waals surface area contributed by atoms with Gasteiger partial charge in [-0.15, -0.1) is 0 Å². The van der Waals surface area contributed by atoms with Crippen LogP contribution in [0.3, 0.4) is 0 Å². The van der Waals surface area contributed by atoms with E-state index in [2.05, 4.69) is 35.7 Å². The highest BCUT2D eigenvalue weighted by molar-refractivity contribution is 14.1. The first-order valence-electron chi connectivity index (χ1n) is 25.8. The lowest BCUT2D eigenvalue weighted by molar-refractivity contribution is -0.138. The average Bonchev–Trinajstić information content (AvgIpc) is 4.14. The van der Waals surface area contributed by atoms with Gasteiger partial charge in [0.05, 0.1) is 58.6 Å². The second kappa shape index (κ2) is 30.2. The number of ether oxygens (including phenoxy) is 8. The molecule has 2 heterocycles. The fourth-order valence-electron chi connectivity index (χ4n) is 7.81. The minimum atomic E-state index is -0.907. The van der Waals surface area contributed by atoms with E-state index < -0.39 is 30.2 Å². The zero-order chi connectivity index (χ0) is 56.8. The number of fused-ring (bicyclic) bond motifs is 2. The van der Waals surface area contributed by atoms with Crippen LogP contribution < -0.4 is 24.0 Å². The number of nitrogens with zero attached hydrogens (tertiary/aromatic N) is 4. The summed E-state index contributed by atoms with van der Waals surface area (Å²) in [4.78, 5) is 70.9. The maximum absolute atomic E-state index is 14.1. The van der Waals surface area contributed by atoms with Crippen LogP contribution in [0.1, 0.15) is 72.0 Å². The lowest BCUT2D eigenvalue weighted by Gasteiger charge is -2.14. The highest BCUT2D eigenvalue weighted by Gasteiger charge is 2.20. The van der Waals surface area contributed by atoms with Crippen LogP contribution >= 0.6 is 45.3 Å². The van der Waals surface area contributed by atoms with Crippen LogP contribution in [0.2, 0.25) is 0 Å². The van der Waals surface area contributed by atoms with Gasteiger partial charge < -0.3 is 37.9 Å². The lowest BCUT2D eigenvalue weighted by atomic mass is 10.0. The van der Waals surface area contributed by atoms with Crippen LogP contribution in [0, 0.1) is 0 Å². The summed E-state index contributed by atoms with van der Waals surface area (Å²) in [6, 6.07) is 39.8. The van der Waals surface area contributed by atoms with Gasteiger partial charge in [-0.25, -0.2) is 33.9 Å². The van der Waals surface area contributed by atoms with Crippen LogP contribution in [-0.2, 0) is 39.6 Å². The van der Waals surface area contributed by atoms with E-state index in [4.69, 9.17) is 53.0 Å². The number of alkyl halides is 1. The van der Waals surface area contributed by atoms with Gasteiger partial charge in [0.2, 0.25) is 10.3 Å². The van der Waals surface area contributed by atoms with Crippen LogP contribution in [0.4, 0.5) is 19.9 Å². The van der Waals surface area contributed by atoms with Crippen molar-refractivity contribution >= 4 is 112 Å². The first-order chi connectivity index (χ1) is 39.5. The largest absolute Gasteiger partial charge is 0.513 e. The van der Waals surface area contributed by atoms with Crippen molar-refractivity contribution in [2.45, 2.75) is 56.0 Å². The predicted molar refractivity (Wildman–Crippen MR) is 319 cm³/mol. The summed E-state index contributed by atoms with van der Waals surface area (Å²) in [5.74, 6) is -0.261. The van der Waals surface area contributed by atoms with E-state index in [0.29, 0.717) is 57.0 Å². The molecule has 20 heteroatoms. The molecule has 0 radical (unpaired) electrons. The molecule has 6 aromatic carbocycles. The molecule has 8 aromatic rings. The molecule has 416 valence electrons. The molecule has 0 N–H and O–H groups in total. The number of hydrogen-bond donors (Lipinski definition) is 0. The maximum atomic E-state index is 14.1. The topological polar surface area (TPSA) is 201 Å². The van der Waals surface area contributed by atoms with Crippen molar-refractivity contribution in [1.29, 1.82) is 0 Å². The summed E-state index contributed by atoms with van der Waals surface area (Å²) in [5.41, 5.74) is 5.72. The van der Waals surface area contributed by atoms with E-state index in [1.54, 1.807) is 71.9 Å². The molecular formula is C61H55IN4O13S2. The Morgan fingerprint density at radius 2 is 1.10 bits per heavy atom. The smallest absolute Gasteiger partial charge is 0.488 e. The van der Waals surface area contributed by atoms with E-state index in [1.807, 2.05) is 72.8 Å². The zero-order valence-corrected chi connectivity index (χ0v) is 47.6. The van der Waals surface area contributed by atoms with Gasteiger partial charge in [0.15, 0.2) is 0 Å². The number of hydrazone groups is 1. The molecule has 0 aliphatic carbocycles. The molecule has 81 heavy (non-hydrogen) atoms. The standard InChI is InChI=1S/C61H55IN4O13S2/c1-3-55(67)72-32-13-7-5-6-8-14-33-74-60(70)79-47-27-22-42(23-28-47)49-30-29-48(37-44(49)38-62)77-57(69)43-24-31-52(76-40-41-20-25-46(26-21-41)78-61(71)75-35-15-34-73-56(68)4-2)45(36-43)39-63-66(58-64-50-16-9-11-18-53(50)80-58)59-65-51-17-10-12-19-54(51)81-59/h3-4,9-12,16-31,36-37,39H,1-2,5-8,13-15,32-35,38,40H2/b63-39+. The third kappa shape index (κ3) is 17.5. The van der Waals surface area contributed by atoms with Gasteiger partial charge in [-0.05, 0) is 114 Å². The number of unbranched alkanes of at least 4 members (excludes halogenated alkanes) is 5. The molecule has 0 spiro atoms. The summed E-state index contributed by atoms with van der Waals surface area (Å²) >= 11 is 5.19. The van der Waals surface area contributed by atoms with Crippen molar-refractivity contribution in [2.75, 3.05) is 31.4 Å². The molecule has 0 amide bonds. The van der Waals surface area contributed by atoms with Crippen molar-refractivity contribution in [3.63, 3.8) is 0 Å². The molecule has 17 nitrogen and oxygen atoms in total. The zero-order valence-electron chi connectivity index (χ0n) is 43.8.